The van der Waals surface area contributed by atoms with Crippen LogP contribution in [0.2, 0.25) is 0 Å². The van der Waals surface area contributed by atoms with E-state index < -0.39 is 4.92 Å². The monoisotopic (exact) mass is 523 g/mol. The molecule has 14 heteroatoms. The number of hydrogen-bond donors (Lipinski definition) is 2. The van der Waals surface area contributed by atoms with Crippen molar-refractivity contribution in [2.45, 2.75) is 6.54 Å². The number of aromatic nitrogens is 6. The number of nitrogens with two attached hydrogens (primary N) is 1. The number of nitrogens with one attached hydrogen (secondary N) is 1. The van der Waals surface area contributed by atoms with Crippen LogP contribution in [-0.2, 0) is 11.3 Å². The SMILES string of the molecule is Nc1nonc1-c1nc2ccccc2n1CC(=O)Nc1cccc(-c2noc(-c3ccc([N+](=O)[O-])cc3)n2)c1. The van der Waals surface area contributed by atoms with Crippen LogP contribution in [0.25, 0.3) is 45.4 Å². The van der Waals surface area contributed by atoms with Crippen molar-refractivity contribution in [1.82, 2.24) is 30.0 Å². The number of fused-ring (bicyclic) bond motifs is 1. The fourth-order valence-electron chi connectivity index (χ4n) is 4.03. The van der Waals surface area contributed by atoms with Gasteiger partial charge in [0.1, 0.15) is 6.54 Å². The number of rotatable bonds is 7. The minimum atomic E-state index is -0.486. The number of nitrogens with zero attached hydrogens (tertiary/aromatic N) is 7. The van der Waals surface area contributed by atoms with Gasteiger partial charge in [-0.15, -0.1) is 0 Å². The summed E-state index contributed by atoms with van der Waals surface area (Å²) in [6.45, 7) is -0.0844. The number of nitrogen functional groups attached to an aromatic ring is 1. The third kappa shape index (κ3) is 4.53. The maximum atomic E-state index is 13.1. The maximum Gasteiger partial charge on any atom is 0.269 e. The highest BCUT2D eigenvalue weighted by Gasteiger charge is 2.21. The lowest BCUT2D eigenvalue weighted by atomic mass is 10.2. The first-order valence-electron chi connectivity index (χ1n) is 11.5. The summed E-state index contributed by atoms with van der Waals surface area (Å²) in [5, 5.41) is 25.2. The number of carbonyl (C=O) groups excluding carboxylic acids is 1. The van der Waals surface area contributed by atoms with Crippen molar-refractivity contribution in [1.29, 1.82) is 0 Å². The van der Waals surface area contributed by atoms with Crippen molar-refractivity contribution in [3.8, 4) is 34.4 Å². The summed E-state index contributed by atoms with van der Waals surface area (Å²) in [5.41, 5.74) is 9.09. The van der Waals surface area contributed by atoms with E-state index in [0.717, 1.165) is 0 Å². The first-order chi connectivity index (χ1) is 19.0. The molecule has 0 aliphatic heterocycles. The number of imidazole rings is 1. The average Bonchev–Trinajstić information content (AvgIpc) is 3.68. The van der Waals surface area contributed by atoms with Gasteiger partial charge in [-0.05, 0) is 46.7 Å². The summed E-state index contributed by atoms with van der Waals surface area (Å²) in [4.78, 5) is 32.4. The Morgan fingerprint density at radius 1 is 0.974 bits per heavy atom. The molecule has 3 aromatic carbocycles. The highest BCUT2D eigenvalue weighted by molar-refractivity contribution is 5.93. The molecule has 0 radical (unpaired) electrons. The second-order valence-electron chi connectivity index (χ2n) is 8.36. The summed E-state index contributed by atoms with van der Waals surface area (Å²) in [6.07, 6.45) is 0. The fourth-order valence-corrected chi connectivity index (χ4v) is 4.03. The first kappa shape index (κ1) is 23.5. The van der Waals surface area contributed by atoms with Gasteiger partial charge < -0.3 is 20.1 Å². The number of non-ortho nitro benzene ring substituents is 1. The van der Waals surface area contributed by atoms with E-state index in [1.165, 1.54) is 24.3 Å². The number of nitro groups is 1. The molecular formula is C25H17N9O5. The van der Waals surface area contributed by atoms with Crippen molar-refractivity contribution in [3.63, 3.8) is 0 Å². The van der Waals surface area contributed by atoms with Crippen molar-refractivity contribution < 1.29 is 18.9 Å². The highest BCUT2D eigenvalue weighted by atomic mass is 16.6. The van der Waals surface area contributed by atoms with Crippen molar-refractivity contribution in [2.24, 2.45) is 0 Å². The van der Waals surface area contributed by atoms with Crippen LogP contribution in [0.3, 0.4) is 0 Å². The molecular weight excluding hydrogens is 506 g/mol. The molecule has 3 heterocycles. The number of hydrogen-bond acceptors (Lipinski definition) is 11. The van der Waals surface area contributed by atoms with Gasteiger partial charge in [-0.2, -0.15) is 4.98 Å². The third-order valence-electron chi connectivity index (χ3n) is 5.84. The number of nitro benzene ring substituents is 1. The zero-order valence-electron chi connectivity index (χ0n) is 19.9. The molecule has 0 saturated heterocycles. The Morgan fingerprint density at radius 3 is 2.56 bits per heavy atom. The van der Waals surface area contributed by atoms with Crippen molar-refractivity contribution in [2.75, 3.05) is 11.1 Å². The number of carbonyl (C=O) groups is 1. The molecule has 0 unspecified atom stereocenters. The van der Waals surface area contributed by atoms with Crippen LogP contribution in [0.1, 0.15) is 0 Å². The third-order valence-corrected chi connectivity index (χ3v) is 5.84. The van der Waals surface area contributed by atoms with E-state index in [0.29, 0.717) is 33.7 Å². The molecule has 6 rings (SSSR count). The Bertz CT molecular complexity index is 1840. The maximum absolute atomic E-state index is 13.1. The van der Waals surface area contributed by atoms with E-state index in [2.05, 4.69) is 30.8 Å². The molecule has 3 N–H and O–H groups in total. The Morgan fingerprint density at radius 2 is 1.79 bits per heavy atom. The quantitative estimate of drug-likeness (QED) is 0.227. The highest BCUT2D eigenvalue weighted by Crippen LogP contribution is 2.28. The predicted octanol–water partition coefficient (Wildman–Crippen LogP) is 3.93. The van der Waals surface area contributed by atoms with E-state index in [9.17, 15) is 14.9 Å². The largest absolute Gasteiger partial charge is 0.379 e. The zero-order valence-corrected chi connectivity index (χ0v) is 19.9. The van der Waals surface area contributed by atoms with E-state index >= 15 is 0 Å². The fraction of sp³-hybridized carbons (Fsp3) is 0.0400. The van der Waals surface area contributed by atoms with Crippen LogP contribution in [0, 0.1) is 10.1 Å². The number of para-hydroxylation sites is 2. The number of benzene rings is 3. The molecule has 39 heavy (non-hydrogen) atoms. The van der Waals surface area contributed by atoms with Gasteiger partial charge in [0, 0.05) is 28.9 Å². The minimum Gasteiger partial charge on any atom is -0.379 e. The second kappa shape index (κ2) is 9.51. The van der Waals surface area contributed by atoms with E-state index in [1.807, 2.05) is 24.3 Å². The first-order valence-corrected chi connectivity index (χ1v) is 11.5. The smallest absolute Gasteiger partial charge is 0.269 e. The van der Waals surface area contributed by atoms with Gasteiger partial charge in [0.2, 0.25) is 11.7 Å². The number of amides is 1. The normalized spacial score (nSPS) is 11.1. The molecule has 0 spiro atoms. The van der Waals surface area contributed by atoms with E-state index in [-0.39, 0.29) is 41.4 Å². The van der Waals surface area contributed by atoms with Gasteiger partial charge >= 0.3 is 0 Å². The molecule has 3 aromatic heterocycles. The Hall–Kier alpha value is -5.92. The lowest BCUT2D eigenvalue weighted by Gasteiger charge is -2.09. The topological polar surface area (TPSA) is 194 Å². The van der Waals surface area contributed by atoms with E-state index in [4.69, 9.17) is 14.9 Å². The summed E-state index contributed by atoms with van der Waals surface area (Å²) in [7, 11) is 0. The van der Waals surface area contributed by atoms with Gasteiger partial charge in [0.25, 0.3) is 11.6 Å². The molecule has 0 saturated carbocycles. The molecule has 0 aliphatic rings. The van der Waals surface area contributed by atoms with Crippen molar-refractivity contribution in [3.05, 3.63) is 82.9 Å². The predicted molar refractivity (Wildman–Crippen MR) is 138 cm³/mol. The van der Waals surface area contributed by atoms with E-state index in [1.54, 1.807) is 28.8 Å². The Kier molecular flexibility index (Phi) is 5.73. The number of anilines is 2. The molecule has 6 aromatic rings. The van der Waals surface area contributed by atoms with Crippen LogP contribution in [0.15, 0.2) is 81.9 Å². The van der Waals surface area contributed by atoms with Crippen LogP contribution in [0.5, 0.6) is 0 Å². The summed E-state index contributed by atoms with van der Waals surface area (Å²) in [6, 6.07) is 20.0. The van der Waals surface area contributed by atoms with Gasteiger partial charge in [0.05, 0.1) is 16.0 Å². The van der Waals surface area contributed by atoms with Gasteiger partial charge in [0.15, 0.2) is 17.3 Å². The average molecular weight is 523 g/mol. The van der Waals surface area contributed by atoms with Gasteiger partial charge in [-0.25, -0.2) is 9.61 Å². The molecule has 14 nitrogen and oxygen atoms in total. The van der Waals surface area contributed by atoms with Crippen LogP contribution in [-0.4, -0.2) is 40.8 Å². The standard InChI is InChI=1S/C25H17N9O5/c26-22-21(30-39-31-22)24-28-18-6-1-2-7-19(18)33(24)13-20(35)27-16-5-3-4-15(12-16)23-29-25(38-32-23)14-8-10-17(11-9-14)34(36)37/h1-12H,13H2,(H2,26,31)(H,27,35). The van der Waals surface area contributed by atoms with Gasteiger partial charge in [-0.3, -0.25) is 14.9 Å². The molecule has 0 fully saturated rings. The summed E-state index contributed by atoms with van der Waals surface area (Å²) in [5.74, 6) is 0.579. The molecule has 192 valence electrons. The molecule has 0 bridgehead atoms. The second-order valence-corrected chi connectivity index (χ2v) is 8.36. The summed E-state index contributed by atoms with van der Waals surface area (Å²) < 4.78 is 11.7. The lowest BCUT2D eigenvalue weighted by Crippen LogP contribution is -2.19. The van der Waals surface area contributed by atoms with Crippen molar-refractivity contribution >= 4 is 34.1 Å². The van der Waals surface area contributed by atoms with Gasteiger partial charge in [-0.1, -0.05) is 29.4 Å². The lowest BCUT2D eigenvalue weighted by molar-refractivity contribution is -0.384. The van der Waals surface area contributed by atoms with Crippen LogP contribution < -0.4 is 11.1 Å². The summed E-state index contributed by atoms with van der Waals surface area (Å²) >= 11 is 0. The van der Waals surface area contributed by atoms with Crippen LogP contribution in [0.4, 0.5) is 17.2 Å². The minimum absolute atomic E-state index is 0.0427. The Labute approximate surface area is 218 Å². The zero-order chi connectivity index (χ0) is 26.9. The Balaban J connectivity index is 1.23. The van der Waals surface area contributed by atoms with Crippen LogP contribution >= 0.6 is 0 Å². The molecule has 1 amide bonds. The molecule has 0 atom stereocenters. The molecule has 0 aliphatic carbocycles.